The Morgan fingerprint density at radius 2 is 1.76 bits per heavy atom. The van der Waals surface area contributed by atoms with Crippen molar-refractivity contribution in [2.75, 3.05) is 44.7 Å². The molecule has 3 heterocycles. The van der Waals surface area contributed by atoms with Gasteiger partial charge in [-0.2, -0.15) is 5.10 Å². The van der Waals surface area contributed by atoms with Gasteiger partial charge in [0.1, 0.15) is 5.82 Å². The Balaban J connectivity index is 1.32. The van der Waals surface area contributed by atoms with E-state index < -0.39 is 0 Å². The summed E-state index contributed by atoms with van der Waals surface area (Å²) >= 11 is 0. The number of aromatic nitrogens is 3. The molecule has 0 radical (unpaired) electrons. The second-order valence-electron chi connectivity index (χ2n) is 7.43. The summed E-state index contributed by atoms with van der Waals surface area (Å²) in [5.74, 6) is 1.09. The van der Waals surface area contributed by atoms with E-state index in [2.05, 4.69) is 61.9 Å². The van der Waals surface area contributed by atoms with Crippen LogP contribution in [-0.4, -0.2) is 59.5 Å². The highest BCUT2D eigenvalue weighted by atomic mass is 16.5. The number of pyridine rings is 1. The van der Waals surface area contributed by atoms with Gasteiger partial charge in [-0.3, -0.25) is 4.90 Å². The lowest BCUT2D eigenvalue weighted by Gasteiger charge is -2.35. The molecule has 0 amide bonds. The second kappa shape index (κ2) is 9.67. The number of rotatable bonds is 8. The lowest BCUT2D eigenvalue weighted by atomic mass is 10.2. The molecule has 1 fully saturated rings. The van der Waals surface area contributed by atoms with E-state index in [-0.39, 0.29) is 0 Å². The summed E-state index contributed by atoms with van der Waals surface area (Å²) in [6.07, 6.45) is 4.00. The van der Waals surface area contributed by atoms with Crippen LogP contribution in [0.5, 0.6) is 0 Å². The van der Waals surface area contributed by atoms with Crippen LogP contribution in [0.3, 0.4) is 0 Å². The maximum Gasteiger partial charge on any atom is 0.128 e. The van der Waals surface area contributed by atoms with Crippen LogP contribution in [0.25, 0.3) is 5.69 Å². The van der Waals surface area contributed by atoms with Gasteiger partial charge >= 0.3 is 0 Å². The zero-order valence-corrected chi connectivity index (χ0v) is 17.1. The van der Waals surface area contributed by atoms with Gasteiger partial charge in [0, 0.05) is 45.2 Å². The molecule has 3 aromatic rings. The Labute approximate surface area is 172 Å². The van der Waals surface area contributed by atoms with Gasteiger partial charge in [-0.25, -0.2) is 9.67 Å². The first-order valence-electron chi connectivity index (χ1n) is 10.3. The average molecular weight is 392 g/mol. The number of methoxy groups -OCH3 is 1. The van der Waals surface area contributed by atoms with Gasteiger partial charge in [0.05, 0.1) is 18.0 Å². The van der Waals surface area contributed by atoms with Crippen LogP contribution in [0, 0.1) is 0 Å². The fourth-order valence-electron chi connectivity index (χ4n) is 3.89. The van der Waals surface area contributed by atoms with Crippen molar-refractivity contribution in [3.8, 4) is 5.69 Å². The third-order valence-electron chi connectivity index (χ3n) is 5.38. The maximum atomic E-state index is 5.28. The summed E-state index contributed by atoms with van der Waals surface area (Å²) in [6, 6.07) is 18.6. The Morgan fingerprint density at radius 3 is 2.48 bits per heavy atom. The number of ether oxygens (including phenoxy) is 1. The van der Waals surface area contributed by atoms with Crippen molar-refractivity contribution in [1.82, 2.24) is 19.7 Å². The molecule has 2 aromatic heterocycles. The van der Waals surface area contributed by atoms with E-state index in [1.165, 1.54) is 5.69 Å². The van der Waals surface area contributed by atoms with Crippen LogP contribution in [-0.2, 0) is 17.8 Å². The molecule has 0 atom stereocenters. The lowest BCUT2D eigenvalue weighted by Crippen LogP contribution is -2.47. The minimum absolute atomic E-state index is 0.544. The van der Waals surface area contributed by atoms with E-state index in [9.17, 15) is 0 Å². The summed E-state index contributed by atoms with van der Waals surface area (Å²) in [5.41, 5.74) is 3.33. The number of anilines is 1. The van der Waals surface area contributed by atoms with Crippen LogP contribution in [0.15, 0.2) is 60.8 Å². The summed E-state index contributed by atoms with van der Waals surface area (Å²) in [7, 11) is 1.71. The molecule has 152 valence electrons. The number of para-hydroxylation sites is 1. The van der Waals surface area contributed by atoms with Gasteiger partial charge < -0.3 is 9.64 Å². The number of hydrogen-bond acceptors (Lipinski definition) is 5. The molecule has 0 saturated carbocycles. The summed E-state index contributed by atoms with van der Waals surface area (Å²) < 4.78 is 7.35. The van der Waals surface area contributed by atoms with Crippen molar-refractivity contribution in [3.05, 3.63) is 72.2 Å². The summed E-state index contributed by atoms with van der Waals surface area (Å²) in [6.45, 7) is 5.90. The first-order valence-corrected chi connectivity index (χ1v) is 10.3. The predicted octanol–water partition coefficient (Wildman–Crippen LogP) is 3.17. The first kappa shape index (κ1) is 19.6. The molecule has 0 bridgehead atoms. The molecule has 6 heteroatoms. The largest absolute Gasteiger partial charge is 0.378 e. The quantitative estimate of drug-likeness (QED) is 0.590. The fourth-order valence-corrected chi connectivity index (χ4v) is 3.89. The number of benzene rings is 1. The number of nitrogens with zero attached hydrogens (tertiary/aromatic N) is 5. The van der Waals surface area contributed by atoms with Gasteiger partial charge in [-0.1, -0.05) is 24.3 Å². The summed E-state index contributed by atoms with van der Waals surface area (Å²) in [4.78, 5) is 9.40. The Kier molecular flexibility index (Phi) is 6.54. The van der Waals surface area contributed by atoms with E-state index >= 15 is 0 Å². The summed E-state index contributed by atoms with van der Waals surface area (Å²) in [5, 5.41) is 4.74. The second-order valence-corrected chi connectivity index (χ2v) is 7.43. The molecular weight excluding hydrogens is 362 g/mol. The van der Waals surface area contributed by atoms with E-state index in [0.717, 1.165) is 62.8 Å². The fraction of sp³-hybridized carbons (Fsp3) is 0.391. The normalized spacial score (nSPS) is 15.0. The molecule has 1 aromatic carbocycles. The van der Waals surface area contributed by atoms with Crippen molar-refractivity contribution in [2.45, 2.75) is 19.4 Å². The molecule has 1 aliphatic rings. The van der Waals surface area contributed by atoms with Crippen molar-refractivity contribution in [1.29, 1.82) is 0 Å². The van der Waals surface area contributed by atoms with Crippen LogP contribution in [0.4, 0.5) is 5.82 Å². The van der Waals surface area contributed by atoms with E-state index in [0.29, 0.717) is 6.61 Å². The molecule has 4 rings (SSSR count). The minimum Gasteiger partial charge on any atom is -0.378 e. The maximum absolute atomic E-state index is 5.28. The topological polar surface area (TPSA) is 46.4 Å². The van der Waals surface area contributed by atoms with Crippen LogP contribution < -0.4 is 4.90 Å². The third kappa shape index (κ3) is 5.02. The Hall–Kier alpha value is -2.70. The number of hydrogen-bond donors (Lipinski definition) is 0. The smallest absolute Gasteiger partial charge is 0.128 e. The van der Waals surface area contributed by atoms with Gasteiger partial charge in [0.2, 0.25) is 0 Å². The predicted molar refractivity (Wildman–Crippen MR) is 115 cm³/mol. The Morgan fingerprint density at radius 1 is 0.966 bits per heavy atom. The highest BCUT2D eigenvalue weighted by Crippen LogP contribution is 2.16. The molecular formula is C23H29N5O. The average Bonchev–Trinajstić information content (AvgIpc) is 3.18. The first-order chi connectivity index (χ1) is 14.3. The zero-order chi connectivity index (χ0) is 19.9. The van der Waals surface area contributed by atoms with Crippen LogP contribution >= 0.6 is 0 Å². The van der Waals surface area contributed by atoms with Gasteiger partial charge in [-0.15, -0.1) is 0 Å². The van der Waals surface area contributed by atoms with E-state index in [4.69, 9.17) is 9.84 Å². The van der Waals surface area contributed by atoms with Crippen molar-refractivity contribution >= 4 is 5.82 Å². The van der Waals surface area contributed by atoms with Crippen molar-refractivity contribution in [3.63, 3.8) is 0 Å². The van der Waals surface area contributed by atoms with E-state index in [1.807, 2.05) is 18.3 Å². The number of piperazine rings is 1. The molecule has 29 heavy (non-hydrogen) atoms. The monoisotopic (exact) mass is 391 g/mol. The van der Waals surface area contributed by atoms with Gasteiger partial charge in [0.15, 0.2) is 0 Å². The van der Waals surface area contributed by atoms with Crippen LogP contribution in [0.2, 0.25) is 0 Å². The number of aryl methyl sites for hydroxylation is 1. The molecule has 1 aliphatic heterocycles. The highest BCUT2D eigenvalue weighted by molar-refractivity contribution is 5.38. The molecule has 1 saturated heterocycles. The van der Waals surface area contributed by atoms with Crippen molar-refractivity contribution < 1.29 is 4.74 Å². The molecule has 0 aliphatic carbocycles. The van der Waals surface area contributed by atoms with Gasteiger partial charge in [-0.05, 0) is 49.7 Å². The molecule has 6 nitrogen and oxygen atoms in total. The minimum atomic E-state index is 0.544. The molecule has 0 unspecified atom stereocenters. The standard InChI is InChI=1S/C23H29N5O/c1-29-19-20-18-22(28(25-20)21-8-3-2-4-9-21)10-7-13-26-14-16-27(17-15-26)23-11-5-6-12-24-23/h2-6,8-9,11-12,18H,7,10,13-17,19H2,1H3. The van der Waals surface area contributed by atoms with E-state index in [1.54, 1.807) is 7.11 Å². The third-order valence-corrected chi connectivity index (χ3v) is 5.38. The Bertz CT molecular complexity index is 873. The highest BCUT2D eigenvalue weighted by Gasteiger charge is 2.18. The lowest BCUT2D eigenvalue weighted by molar-refractivity contribution is 0.181. The van der Waals surface area contributed by atoms with Gasteiger partial charge in [0.25, 0.3) is 0 Å². The zero-order valence-electron chi connectivity index (χ0n) is 17.1. The SMILES string of the molecule is COCc1cc(CCCN2CCN(c3ccccn3)CC2)n(-c2ccccc2)n1. The molecule has 0 spiro atoms. The van der Waals surface area contributed by atoms with Crippen molar-refractivity contribution in [2.24, 2.45) is 0 Å². The van der Waals surface area contributed by atoms with Crippen LogP contribution in [0.1, 0.15) is 17.8 Å². The molecule has 0 N–H and O–H groups in total.